The topological polar surface area (TPSA) is 29.3 Å². The Balaban J connectivity index is 4.20. The Morgan fingerprint density at radius 2 is 2.20 bits per heavy atom. The molecule has 0 aliphatic heterocycles. The summed E-state index contributed by atoms with van der Waals surface area (Å²) in [5.74, 6) is 0. The zero-order valence-electron chi connectivity index (χ0n) is 6.54. The normalized spacial score (nSPS) is 12.0. The van der Waals surface area contributed by atoms with Crippen molar-refractivity contribution in [1.82, 2.24) is 4.90 Å². The van der Waals surface area contributed by atoms with Crippen molar-refractivity contribution in [3.05, 3.63) is 37.0 Å². The molecule has 2 heteroatoms. The summed E-state index contributed by atoms with van der Waals surface area (Å²) in [5, 5.41) is 0. The van der Waals surface area contributed by atoms with Gasteiger partial charge in [0.2, 0.25) is 0 Å². The number of allylic oxidation sites excluding steroid dienone is 2. The van der Waals surface area contributed by atoms with E-state index >= 15 is 0 Å². The Hall–Kier alpha value is -1.18. The van der Waals surface area contributed by atoms with Crippen LogP contribution in [0.1, 0.15) is 13.8 Å². The second-order valence-electron chi connectivity index (χ2n) is 1.88. The van der Waals surface area contributed by atoms with Crippen LogP contribution in [0.5, 0.6) is 0 Å². The third-order valence-electron chi connectivity index (χ3n) is 1.15. The highest BCUT2D eigenvalue weighted by atomic mass is 15.1. The lowest BCUT2D eigenvalue weighted by Crippen LogP contribution is -2.06. The van der Waals surface area contributed by atoms with Gasteiger partial charge in [-0.2, -0.15) is 0 Å². The van der Waals surface area contributed by atoms with Crippen LogP contribution >= 0.6 is 0 Å². The zero-order valence-corrected chi connectivity index (χ0v) is 6.54. The minimum atomic E-state index is 0.966. The Kier molecular flexibility index (Phi) is 4.12. The van der Waals surface area contributed by atoms with Crippen molar-refractivity contribution in [3.8, 4) is 0 Å². The van der Waals surface area contributed by atoms with E-state index in [2.05, 4.69) is 6.58 Å². The van der Waals surface area contributed by atoms with E-state index in [1.165, 1.54) is 0 Å². The van der Waals surface area contributed by atoms with Crippen LogP contribution in [0.3, 0.4) is 0 Å². The maximum atomic E-state index is 5.29. The molecule has 0 fully saturated rings. The second-order valence-corrected chi connectivity index (χ2v) is 1.88. The first-order chi connectivity index (χ1) is 4.76. The fourth-order valence-electron chi connectivity index (χ4n) is 0.569. The van der Waals surface area contributed by atoms with Gasteiger partial charge in [0.25, 0.3) is 0 Å². The highest BCUT2D eigenvalue weighted by Gasteiger charge is 1.91. The van der Waals surface area contributed by atoms with Crippen molar-refractivity contribution >= 4 is 0 Å². The molecule has 0 aromatic carbocycles. The Morgan fingerprint density at radius 3 is 2.50 bits per heavy atom. The molecule has 0 amide bonds. The molecule has 0 atom stereocenters. The molecule has 56 valence electrons. The molecule has 0 aliphatic rings. The summed E-state index contributed by atoms with van der Waals surface area (Å²) < 4.78 is 0. The van der Waals surface area contributed by atoms with E-state index in [1.807, 2.05) is 31.0 Å². The van der Waals surface area contributed by atoms with Gasteiger partial charge >= 0.3 is 0 Å². The van der Waals surface area contributed by atoms with Crippen LogP contribution in [0.4, 0.5) is 0 Å². The van der Waals surface area contributed by atoms with E-state index in [1.54, 1.807) is 12.4 Å². The number of hydrogen-bond acceptors (Lipinski definition) is 2. The van der Waals surface area contributed by atoms with Gasteiger partial charge in [-0.3, -0.25) is 0 Å². The minimum absolute atomic E-state index is 0.966. The second kappa shape index (κ2) is 4.68. The third-order valence-corrected chi connectivity index (χ3v) is 1.15. The first kappa shape index (κ1) is 8.82. The number of nitrogens with zero attached hydrogens (tertiary/aromatic N) is 1. The number of nitrogens with two attached hydrogens (primary N) is 1. The largest absolute Gasteiger partial charge is 0.403 e. The van der Waals surface area contributed by atoms with E-state index in [-0.39, 0.29) is 0 Å². The van der Waals surface area contributed by atoms with Crippen LogP contribution in [-0.2, 0) is 0 Å². The molecule has 2 nitrogen and oxygen atoms in total. The lowest BCUT2D eigenvalue weighted by molar-refractivity contribution is 0.628. The van der Waals surface area contributed by atoms with Gasteiger partial charge in [-0.05, 0) is 13.8 Å². The predicted octanol–water partition coefficient (Wildman–Crippen LogP) is 1.79. The molecule has 0 aromatic rings. The smallest absolute Gasteiger partial charge is 0.0343 e. The van der Waals surface area contributed by atoms with Crippen LogP contribution in [-0.4, -0.2) is 4.90 Å². The van der Waals surface area contributed by atoms with Crippen molar-refractivity contribution < 1.29 is 0 Å². The monoisotopic (exact) mass is 138 g/mol. The molecule has 0 spiro atoms. The van der Waals surface area contributed by atoms with E-state index in [9.17, 15) is 0 Å². The van der Waals surface area contributed by atoms with Crippen molar-refractivity contribution in [2.45, 2.75) is 13.8 Å². The van der Waals surface area contributed by atoms with E-state index in [0.29, 0.717) is 0 Å². The highest BCUT2D eigenvalue weighted by molar-refractivity contribution is 5.04. The lowest BCUT2D eigenvalue weighted by Gasteiger charge is -2.13. The fraction of sp³-hybridized carbons (Fsp3) is 0.250. The molecule has 10 heavy (non-hydrogen) atoms. The summed E-state index contributed by atoms with van der Waals surface area (Å²) in [6, 6.07) is 0. The van der Waals surface area contributed by atoms with Gasteiger partial charge in [0.05, 0.1) is 0 Å². The van der Waals surface area contributed by atoms with Gasteiger partial charge < -0.3 is 10.6 Å². The average Bonchev–Trinajstić information content (AvgIpc) is 1.99. The first-order valence-electron chi connectivity index (χ1n) is 3.18. The Morgan fingerprint density at radius 1 is 1.60 bits per heavy atom. The number of hydrogen-bond donors (Lipinski definition) is 1. The fourth-order valence-corrected chi connectivity index (χ4v) is 0.569. The maximum Gasteiger partial charge on any atom is 0.0343 e. The van der Waals surface area contributed by atoms with Gasteiger partial charge in [0.15, 0.2) is 0 Å². The Labute approximate surface area is 62.3 Å². The molecule has 0 unspecified atom stereocenters. The average molecular weight is 138 g/mol. The summed E-state index contributed by atoms with van der Waals surface area (Å²) >= 11 is 0. The molecule has 0 saturated heterocycles. The van der Waals surface area contributed by atoms with Crippen molar-refractivity contribution in [2.75, 3.05) is 0 Å². The van der Waals surface area contributed by atoms with E-state index in [0.717, 1.165) is 5.70 Å². The van der Waals surface area contributed by atoms with E-state index in [4.69, 9.17) is 5.73 Å². The molecule has 0 rings (SSSR count). The van der Waals surface area contributed by atoms with Crippen molar-refractivity contribution in [1.29, 1.82) is 0 Å². The zero-order chi connectivity index (χ0) is 7.98. The molecular weight excluding hydrogens is 124 g/mol. The molecule has 0 radical (unpaired) electrons. The molecule has 2 N–H and O–H groups in total. The third kappa shape index (κ3) is 2.40. The molecule has 0 aliphatic carbocycles. The summed E-state index contributed by atoms with van der Waals surface area (Å²) in [7, 11) is 0. The molecule has 0 heterocycles. The quantitative estimate of drug-likeness (QED) is 0.644. The van der Waals surface area contributed by atoms with Crippen LogP contribution < -0.4 is 5.73 Å². The van der Waals surface area contributed by atoms with Gasteiger partial charge in [-0.25, -0.2) is 0 Å². The van der Waals surface area contributed by atoms with Crippen LogP contribution in [0.2, 0.25) is 0 Å². The molecule has 0 saturated carbocycles. The summed E-state index contributed by atoms with van der Waals surface area (Å²) in [6.07, 6.45) is 7.07. The van der Waals surface area contributed by atoms with Crippen LogP contribution in [0.15, 0.2) is 37.0 Å². The molecular formula is C8H14N2. The summed E-state index contributed by atoms with van der Waals surface area (Å²) in [6.45, 7) is 7.49. The van der Waals surface area contributed by atoms with Gasteiger partial charge in [0, 0.05) is 24.3 Å². The van der Waals surface area contributed by atoms with Crippen molar-refractivity contribution in [2.24, 2.45) is 5.73 Å². The van der Waals surface area contributed by atoms with Gasteiger partial charge in [-0.1, -0.05) is 12.7 Å². The standard InChI is InChI=1S/C8H14N2/c1-4-6-10(5-2)8(3)7-9/h4-7H,2,9H2,1,3H3/b6-4-,8-7-. The highest BCUT2D eigenvalue weighted by Crippen LogP contribution is 2.01. The molecule has 0 bridgehead atoms. The Bertz CT molecular complexity index is 157. The van der Waals surface area contributed by atoms with Crippen LogP contribution in [0.25, 0.3) is 0 Å². The summed E-state index contributed by atoms with van der Waals surface area (Å²) in [4.78, 5) is 1.85. The molecule has 0 aromatic heterocycles. The summed E-state index contributed by atoms with van der Waals surface area (Å²) in [5.41, 5.74) is 6.26. The SMILES string of the molecule is C=CN(/C=C\C)/C(C)=C\N. The first-order valence-corrected chi connectivity index (χ1v) is 3.18. The van der Waals surface area contributed by atoms with Crippen LogP contribution in [0, 0.1) is 0 Å². The number of rotatable bonds is 3. The van der Waals surface area contributed by atoms with Crippen molar-refractivity contribution in [3.63, 3.8) is 0 Å². The lowest BCUT2D eigenvalue weighted by atomic mass is 10.4. The predicted molar refractivity (Wildman–Crippen MR) is 44.8 cm³/mol. The maximum absolute atomic E-state index is 5.29. The van der Waals surface area contributed by atoms with Gasteiger partial charge in [0.1, 0.15) is 0 Å². The minimum Gasteiger partial charge on any atom is -0.403 e. The van der Waals surface area contributed by atoms with Gasteiger partial charge in [-0.15, -0.1) is 0 Å². The van der Waals surface area contributed by atoms with E-state index < -0.39 is 0 Å².